The number of unbranched alkanes of at least 4 members (excludes halogenated alkanes) is 3. The number of carbonyl (C=O) groups is 1. The molecule has 0 bridgehead atoms. The van der Waals surface area contributed by atoms with Crippen molar-refractivity contribution in [2.45, 2.75) is 45.4 Å². The highest BCUT2D eigenvalue weighted by Gasteiger charge is 2.25. The van der Waals surface area contributed by atoms with Gasteiger partial charge < -0.3 is 15.3 Å². The van der Waals surface area contributed by atoms with Gasteiger partial charge in [0.25, 0.3) is 0 Å². The average Bonchev–Trinajstić information content (AvgIpc) is 2.42. The van der Waals surface area contributed by atoms with Gasteiger partial charge in [0.15, 0.2) is 0 Å². The van der Waals surface area contributed by atoms with Crippen molar-refractivity contribution >= 4 is 5.91 Å². The second-order valence-electron chi connectivity index (χ2n) is 5.15. The molecule has 18 heavy (non-hydrogen) atoms. The maximum atomic E-state index is 12.3. The van der Waals surface area contributed by atoms with Crippen LogP contribution in [0.1, 0.15) is 45.4 Å². The molecule has 1 heterocycles. The molecule has 0 aromatic carbocycles. The van der Waals surface area contributed by atoms with Crippen molar-refractivity contribution in [3.8, 4) is 0 Å². The van der Waals surface area contributed by atoms with Gasteiger partial charge in [-0.1, -0.05) is 26.2 Å². The molecule has 0 aliphatic carbocycles. The summed E-state index contributed by atoms with van der Waals surface area (Å²) in [4.78, 5) is 14.2. The fourth-order valence-corrected chi connectivity index (χ4v) is 2.50. The first-order valence-electron chi connectivity index (χ1n) is 7.40. The van der Waals surface area contributed by atoms with Gasteiger partial charge in [-0.25, -0.2) is 0 Å². The highest BCUT2D eigenvalue weighted by atomic mass is 16.3. The lowest BCUT2D eigenvalue weighted by Gasteiger charge is -2.29. The van der Waals surface area contributed by atoms with E-state index >= 15 is 0 Å². The first-order valence-corrected chi connectivity index (χ1v) is 7.40. The van der Waals surface area contributed by atoms with Crippen LogP contribution in [0, 0.1) is 5.92 Å². The maximum absolute atomic E-state index is 12.3. The molecule has 0 aromatic heterocycles. The highest BCUT2D eigenvalue weighted by molar-refractivity contribution is 5.79. The quantitative estimate of drug-likeness (QED) is 0.645. The van der Waals surface area contributed by atoms with Crippen LogP contribution in [-0.4, -0.2) is 48.7 Å². The summed E-state index contributed by atoms with van der Waals surface area (Å²) in [6.45, 7) is 5.37. The molecule has 1 rings (SSSR count). The van der Waals surface area contributed by atoms with Crippen molar-refractivity contribution in [2.24, 2.45) is 5.92 Å². The molecule has 1 aliphatic rings. The molecule has 4 heteroatoms. The number of piperidine rings is 1. The molecule has 1 saturated heterocycles. The predicted octanol–water partition coefficient (Wildman–Crippen LogP) is 1.39. The molecule has 1 fully saturated rings. The maximum Gasteiger partial charge on any atom is 0.227 e. The first kappa shape index (κ1) is 15.4. The molecule has 0 radical (unpaired) electrons. The van der Waals surface area contributed by atoms with Gasteiger partial charge >= 0.3 is 0 Å². The van der Waals surface area contributed by atoms with Gasteiger partial charge in [0.2, 0.25) is 5.91 Å². The normalized spacial score (nSPS) is 19.8. The van der Waals surface area contributed by atoms with Crippen LogP contribution < -0.4 is 5.32 Å². The lowest BCUT2D eigenvalue weighted by Crippen LogP contribution is -2.44. The summed E-state index contributed by atoms with van der Waals surface area (Å²) in [6.07, 6.45) is 6.74. The Hall–Kier alpha value is -0.610. The van der Waals surface area contributed by atoms with Crippen LogP contribution in [-0.2, 0) is 4.79 Å². The van der Waals surface area contributed by atoms with E-state index in [0.717, 1.165) is 38.9 Å². The van der Waals surface area contributed by atoms with Crippen LogP contribution in [0.2, 0.25) is 0 Å². The van der Waals surface area contributed by atoms with E-state index in [-0.39, 0.29) is 18.4 Å². The smallest absolute Gasteiger partial charge is 0.227 e. The summed E-state index contributed by atoms with van der Waals surface area (Å²) in [5, 5.41) is 12.4. The molecular weight excluding hydrogens is 228 g/mol. The molecule has 1 amide bonds. The Morgan fingerprint density at radius 1 is 1.33 bits per heavy atom. The highest BCUT2D eigenvalue weighted by Crippen LogP contribution is 2.14. The minimum atomic E-state index is 0.0691. The average molecular weight is 256 g/mol. The molecule has 0 saturated carbocycles. The molecule has 4 nitrogen and oxygen atoms in total. The summed E-state index contributed by atoms with van der Waals surface area (Å²) >= 11 is 0. The van der Waals surface area contributed by atoms with Gasteiger partial charge in [0.05, 0.1) is 12.5 Å². The number of nitrogens with zero attached hydrogens (tertiary/aromatic N) is 1. The summed E-state index contributed by atoms with van der Waals surface area (Å²) in [6, 6.07) is 0. The monoisotopic (exact) mass is 256 g/mol. The Morgan fingerprint density at radius 2 is 2.17 bits per heavy atom. The number of carbonyl (C=O) groups excluding carboxylic acids is 1. The molecular formula is C14H28N2O2. The fourth-order valence-electron chi connectivity index (χ4n) is 2.50. The van der Waals surface area contributed by atoms with E-state index in [0.29, 0.717) is 6.54 Å². The predicted molar refractivity (Wildman–Crippen MR) is 73.4 cm³/mol. The zero-order chi connectivity index (χ0) is 13.2. The van der Waals surface area contributed by atoms with E-state index in [1.807, 2.05) is 4.90 Å². The number of aliphatic hydroxyl groups excluding tert-OH is 1. The van der Waals surface area contributed by atoms with Crippen molar-refractivity contribution < 1.29 is 9.90 Å². The summed E-state index contributed by atoms with van der Waals surface area (Å²) in [7, 11) is 0. The SMILES string of the molecule is CCCCCCN(CCO)C(=O)C1CCCNC1. The number of hydrogen-bond donors (Lipinski definition) is 2. The van der Waals surface area contributed by atoms with E-state index in [1.54, 1.807) is 0 Å². The van der Waals surface area contributed by atoms with Crippen LogP contribution in [0.15, 0.2) is 0 Å². The zero-order valence-corrected chi connectivity index (χ0v) is 11.7. The number of nitrogens with one attached hydrogen (secondary N) is 1. The third-order valence-corrected chi connectivity index (χ3v) is 3.61. The van der Waals surface area contributed by atoms with Gasteiger partial charge in [-0.05, 0) is 25.8 Å². The Kier molecular flexibility index (Phi) is 8.01. The first-order chi connectivity index (χ1) is 8.79. The fraction of sp³-hybridized carbons (Fsp3) is 0.929. The summed E-state index contributed by atoms with van der Waals surface area (Å²) in [5.41, 5.74) is 0. The molecule has 2 N–H and O–H groups in total. The second kappa shape index (κ2) is 9.34. The van der Waals surface area contributed by atoms with Gasteiger partial charge in [-0.2, -0.15) is 0 Å². The molecule has 106 valence electrons. The van der Waals surface area contributed by atoms with Crippen molar-refractivity contribution in [3.63, 3.8) is 0 Å². The van der Waals surface area contributed by atoms with Crippen molar-refractivity contribution in [1.29, 1.82) is 0 Å². The summed E-state index contributed by atoms with van der Waals surface area (Å²) in [5.74, 6) is 0.351. The Balaban J connectivity index is 2.35. The van der Waals surface area contributed by atoms with Crippen LogP contribution in [0.5, 0.6) is 0 Å². The van der Waals surface area contributed by atoms with Crippen LogP contribution in [0.25, 0.3) is 0 Å². The zero-order valence-electron chi connectivity index (χ0n) is 11.7. The van der Waals surface area contributed by atoms with Crippen LogP contribution in [0.4, 0.5) is 0 Å². The van der Waals surface area contributed by atoms with E-state index in [2.05, 4.69) is 12.2 Å². The third-order valence-electron chi connectivity index (χ3n) is 3.61. The van der Waals surface area contributed by atoms with E-state index in [1.165, 1.54) is 19.3 Å². The Labute approximate surface area is 111 Å². The minimum absolute atomic E-state index is 0.0691. The lowest BCUT2D eigenvalue weighted by atomic mass is 9.98. The van der Waals surface area contributed by atoms with Crippen molar-refractivity contribution in [1.82, 2.24) is 10.2 Å². The Bertz CT molecular complexity index is 228. The van der Waals surface area contributed by atoms with Crippen LogP contribution >= 0.6 is 0 Å². The topological polar surface area (TPSA) is 52.6 Å². The van der Waals surface area contributed by atoms with Crippen LogP contribution in [0.3, 0.4) is 0 Å². The van der Waals surface area contributed by atoms with Crippen molar-refractivity contribution in [2.75, 3.05) is 32.8 Å². The van der Waals surface area contributed by atoms with Gasteiger partial charge in [-0.3, -0.25) is 4.79 Å². The number of amides is 1. The molecule has 0 spiro atoms. The minimum Gasteiger partial charge on any atom is -0.395 e. The molecule has 1 aliphatic heterocycles. The number of rotatable bonds is 8. The van der Waals surface area contributed by atoms with Crippen molar-refractivity contribution in [3.05, 3.63) is 0 Å². The summed E-state index contributed by atoms with van der Waals surface area (Å²) < 4.78 is 0. The molecule has 1 unspecified atom stereocenters. The van der Waals surface area contributed by atoms with Gasteiger partial charge in [0.1, 0.15) is 0 Å². The van der Waals surface area contributed by atoms with Gasteiger partial charge in [-0.15, -0.1) is 0 Å². The number of hydrogen-bond acceptors (Lipinski definition) is 3. The largest absolute Gasteiger partial charge is 0.395 e. The van der Waals surface area contributed by atoms with Gasteiger partial charge in [0, 0.05) is 19.6 Å². The van der Waals surface area contributed by atoms with E-state index in [9.17, 15) is 4.79 Å². The molecule has 1 atom stereocenters. The molecule has 0 aromatic rings. The Morgan fingerprint density at radius 3 is 2.78 bits per heavy atom. The lowest BCUT2D eigenvalue weighted by molar-refractivity contribution is -0.136. The third kappa shape index (κ3) is 5.36. The second-order valence-corrected chi connectivity index (χ2v) is 5.15. The standard InChI is InChI=1S/C14H28N2O2/c1-2-3-4-5-9-16(10-11-17)14(18)13-7-6-8-15-12-13/h13,15,17H,2-12H2,1H3. The van der Waals surface area contributed by atoms with E-state index in [4.69, 9.17) is 5.11 Å². The van der Waals surface area contributed by atoms with E-state index < -0.39 is 0 Å². The number of aliphatic hydroxyl groups is 1.